The van der Waals surface area contributed by atoms with Crippen molar-refractivity contribution in [3.05, 3.63) is 17.7 Å². The molecule has 0 amide bonds. The maximum Gasteiger partial charge on any atom is 0.170 e. The van der Waals surface area contributed by atoms with Crippen molar-refractivity contribution in [2.45, 2.75) is 25.7 Å². The summed E-state index contributed by atoms with van der Waals surface area (Å²) >= 11 is 0. The predicted octanol–water partition coefficient (Wildman–Crippen LogP) is 2.47. The van der Waals surface area contributed by atoms with Crippen molar-refractivity contribution in [2.24, 2.45) is 0 Å². The fourth-order valence-corrected chi connectivity index (χ4v) is 2.77. The number of benzene rings is 1. The van der Waals surface area contributed by atoms with E-state index in [2.05, 4.69) is 4.90 Å². The van der Waals surface area contributed by atoms with Crippen LogP contribution in [0.5, 0.6) is 17.2 Å². The van der Waals surface area contributed by atoms with E-state index >= 15 is 0 Å². The van der Waals surface area contributed by atoms with Crippen LogP contribution in [0.15, 0.2) is 12.1 Å². The Bertz CT molecular complexity index is 470. The number of phenolic OH excluding ortho intramolecular Hbond substituents is 1. The standard InChI is InChI=1S/C16H23NO4/c1-20-14-10-12(18)11-15(21-2)16(14)13(19)6-5-9-17-7-3-4-8-17/h10-11,18H,3-9H2,1-2H3. The highest BCUT2D eigenvalue weighted by molar-refractivity contribution is 6.01. The summed E-state index contributed by atoms with van der Waals surface area (Å²) in [7, 11) is 2.96. The summed E-state index contributed by atoms with van der Waals surface area (Å²) in [5.74, 6) is 0.733. The van der Waals surface area contributed by atoms with Crippen LogP contribution in [0, 0.1) is 0 Å². The molecule has 21 heavy (non-hydrogen) atoms. The molecular weight excluding hydrogens is 270 g/mol. The average molecular weight is 293 g/mol. The van der Waals surface area contributed by atoms with E-state index in [0.717, 1.165) is 26.1 Å². The molecule has 0 unspecified atom stereocenters. The van der Waals surface area contributed by atoms with Crippen molar-refractivity contribution in [3.63, 3.8) is 0 Å². The summed E-state index contributed by atoms with van der Waals surface area (Å²) in [6.07, 6.45) is 3.79. The molecule has 1 aromatic rings. The quantitative estimate of drug-likeness (QED) is 0.783. The van der Waals surface area contributed by atoms with Gasteiger partial charge in [0, 0.05) is 18.6 Å². The summed E-state index contributed by atoms with van der Waals surface area (Å²) in [6, 6.07) is 2.88. The smallest absolute Gasteiger partial charge is 0.170 e. The molecule has 1 fully saturated rings. The van der Waals surface area contributed by atoms with Crippen LogP contribution in [-0.4, -0.2) is 49.6 Å². The Balaban J connectivity index is 2.03. The van der Waals surface area contributed by atoms with Crippen molar-refractivity contribution >= 4 is 5.78 Å². The number of hydrogen-bond acceptors (Lipinski definition) is 5. The summed E-state index contributed by atoms with van der Waals surface area (Å²) in [5.41, 5.74) is 0.416. The number of aromatic hydroxyl groups is 1. The van der Waals surface area contributed by atoms with Gasteiger partial charge in [-0.25, -0.2) is 0 Å². The number of nitrogens with zero attached hydrogens (tertiary/aromatic N) is 1. The number of rotatable bonds is 7. The molecule has 5 heteroatoms. The van der Waals surface area contributed by atoms with E-state index < -0.39 is 0 Å². The predicted molar refractivity (Wildman–Crippen MR) is 80.4 cm³/mol. The first-order valence-corrected chi connectivity index (χ1v) is 7.36. The van der Waals surface area contributed by atoms with E-state index in [4.69, 9.17) is 9.47 Å². The third-order valence-electron chi connectivity index (χ3n) is 3.85. The number of likely N-dealkylation sites (tertiary alicyclic amines) is 1. The molecule has 0 aromatic heterocycles. The molecule has 5 nitrogen and oxygen atoms in total. The van der Waals surface area contributed by atoms with Crippen LogP contribution >= 0.6 is 0 Å². The summed E-state index contributed by atoms with van der Waals surface area (Å²) in [6.45, 7) is 3.23. The highest BCUT2D eigenvalue weighted by Gasteiger charge is 2.20. The minimum absolute atomic E-state index is 0.0112. The van der Waals surface area contributed by atoms with Crippen LogP contribution in [-0.2, 0) is 0 Å². The molecular formula is C16H23NO4. The lowest BCUT2D eigenvalue weighted by molar-refractivity contribution is 0.0970. The van der Waals surface area contributed by atoms with Crippen LogP contribution in [0.25, 0.3) is 0 Å². The zero-order chi connectivity index (χ0) is 15.2. The van der Waals surface area contributed by atoms with Crippen LogP contribution < -0.4 is 9.47 Å². The van der Waals surface area contributed by atoms with E-state index in [1.54, 1.807) is 0 Å². The Morgan fingerprint density at radius 2 is 1.76 bits per heavy atom. The molecule has 1 heterocycles. The highest BCUT2D eigenvalue weighted by Crippen LogP contribution is 2.34. The molecule has 0 atom stereocenters. The normalized spacial score (nSPS) is 15.1. The van der Waals surface area contributed by atoms with Gasteiger partial charge in [0.15, 0.2) is 5.78 Å². The van der Waals surface area contributed by atoms with Crippen LogP contribution in [0.2, 0.25) is 0 Å². The molecule has 1 aromatic carbocycles. The molecule has 0 spiro atoms. The minimum atomic E-state index is -0.0112. The highest BCUT2D eigenvalue weighted by atomic mass is 16.5. The second kappa shape index (κ2) is 7.31. The monoisotopic (exact) mass is 293 g/mol. The van der Waals surface area contributed by atoms with Crippen molar-refractivity contribution in [1.82, 2.24) is 4.90 Å². The molecule has 116 valence electrons. The van der Waals surface area contributed by atoms with Gasteiger partial charge >= 0.3 is 0 Å². The van der Waals surface area contributed by atoms with Crippen molar-refractivity contribution in [3.8, 4) is 17.2 Å². The first-order valence-electron chi connectivity index (χ1n) is 7.36. The number of Topliss-reactive ketones (excluding diaryl/α,β-unsaturated/α-hetero) is 1. The van der Waals surface area contributed by atoms with Gasteiger partial charge in [0.2, 0.25) is 0 Å². The number of ether oxygens (including phenoxy) is 2. The molecule has 0 saturated carbocycles. The van der Waals surface area contributed by atoms with Gasteiger partial charge in [0.25, 0.3) is 0 Å². The second-order valence-corrected chi connectivity index (χ2v) is 5.30. The van der Waals surface area contributed by atoms with E-state index in [0.29, 0.717) is 23.5 Å². The molecule has 1 saturated heterocycles. The average Bonchev–Trinajstić information content (AvgIpc) is 2.99. The topological polar surface area (TPSA) is 59.0 Å². The SMILES string of the molecule is COc1cc(O)cc(OC)c1C(=O)CCCN1CCCC1. The van der Waals surface area contributed by atoms with Gasteiger partial charge in [-0.2, -0.15) is 0 Å². The second-order valence-electron chi connectivity index (χ2n) is 5.30. The molecule has 0 aliphatic carbocycles. The molecule has 1 aliphatic heterocycles. The Morgan fingerprint density at radius 1 is 1.19 bits per heavy atom. The first kappa shape index (κ1) is 15.6. The van der Waals surface area contributed by atoms with Crippen LogP contribution in [0.4, 0.5) is 0 Å². The number of phenols is 1. The van der Waals surface area contributed by atoms with E-state index in [1.165, 1.54) is 39.2 Å². The summed E-state index contributed by atoms with van der Waals surface area (Å²) in [4.78, 5) is 14.8. The van der Waals surface area contributed by atoms with E-state index in [1.807, 2.05) is 0 Å². The van der Waals surface area contributed by atoms with Crippen molar-refractivity contribution < 1.29 is 19.4 Å². The molecule has 1 aliphatic rings. The Kier molecular flexibility index (Phi) is 5.44. The van der Waals surface area contributed by atoms with Gasteiger partial charge in [-0.15, -0.1) is 0 Å². The number of carbonyl (C=O) groups excluding carboxylic acids is 1. The Hall–Kier alpha value is -1.75. The lowest BCUT2D eigenvalue weighted by atomic mass is 10.0. The third-order valence-corrected chi connectivity index (χ3v) is 3.85. The zero-order valence-corrected chi connectivity index (χ0v) is 12.7. The Morgan fingerprint density at radius 3 is 2.29 bits per heavy atom. The van der Waals surface area contributed by atoms with Gasteiger partial charge in [0.05, 0.1) is 14.2 Å². The minimum Gasteiger partial charge on any atom is -0.508 e. The number of hydrogen-bond donors (Lipinski definition) is 1. The van der Waals surface area contributed by atoms with Crippen molar-refractivity contribution in [1.29, 1.82) is 0 Å². The largest absolute Gasteiger partial charge is 0.508 e. The fourth-order valence-electron chi connectivity index (χ4n) is 2.77. The maximum atomic E-state index is 12.4. The van der Waals surface area contributed by atoms with Gasteiger partial charge in [-0.1, -0.05) is 0 Å². The van der Waals surface area contributed by atoms with E-state index in [9.17, 15) is 9.90 Å². The lowest BCUT2D eigenvalue weighted by Gasteiger charge is -2.15. The van der Waals surface area contributed by atoms with Gasteiger partial charge in [0.1, 0.15) is 22.8 Å². The molecule has 0 bridgehead atoms. The number of ketones is 1. The summed E-state index contributed by atoms with van der Waals surface area (Å²) in [5, 5.41) is 9.60. The summed E-state index contributed by atoms with van der Waals surface area (Å²) < 4.78 is 10.4. The fraction of sp³-hybridized carbons (Fsp3) is 0.562. The van der Waals surface area contributed by atoms with Crippen LogP contribution in [0.1, 0.15) is 36.0 Å². The maximum absolute atomic E-state index is 12.4. The number of methoxy groups -OCH3 is 2. The van der Waals surface area contributed by atoms with Gasteiger partial charge in [-0.05, 0) is 38.9 Å². The van der Waals surface area contributed by atoms with Crippen molar-refractivity contribution in [2.75, 3.05) is 33.9 Å². The van der Waals surface area contributed by atoms with Gasteiger partial charge < -0.3 is 19.5 Å². The molecule has 0 radical (unpaired) electrons. The Labute approximate surface area is 125 Å². The molecule has 1 N–H and O–H groups in total. The van der Waals surface area contributed by atoms with Crippen LogP contribution in [0.3, 0.4) is 0 Å². The molecule has 2 rings (SSSR count). The zero-order valence-electron chi connectivity index (χ0n) is 12.7. The van der Waals surface area contributed by atoms with E-state index in [-0.39, 0.29) is 11.5 Å². The number of carbonyl (C=O) groups is 1. The van der Waals surface area contributed by atoms with Gasteiger partial charge in [-0.3, -0.25) is 4.79 Å². The third kappa shape index (κ3) is 3.88. The first-order chi connectivity index (χ1) is 10.2. The lowest BCUT2D eigenvalue weighted by Crippen LogP contribution is -2.21.